The molecule has 3 heterocycles. The third-order valence-corrected chi connectivity index (χ3v) is 11.3. The van der Waals surface area contributed by atoms with Crippen LogP contribution in [0.3, 0.4) is 0 Å². The Hall–Kier alpha value is -4.37. The molecular formula is C38H62N10O6. The van der Waals surface area contributed by atoms with Gasteiger partial charge in [-0.15, -0.1) is 5.10 Å². The number of nitrogens with two attached hydrogens (primary N) is 3. The molecule has 1 aliphatic carbocycles. The normalized spacial score (nSPS) is 23.6. The lowest BCUT2D eigenvalue weighted by Crippen LogP contribution is -2.54. The number of carbonyl (C=O) groups is 6. The quantitative estimate of drug-likeness (QED) is 0.124. The fourth-order valence-corrected chi connectivity index (χ4v) is 8.07. The van der Waals surface area contributed by atoms with Crippen molar-refractivity contribution in [3.63, 3.8) is 0 Å². The van der Waals surface area contributed by atoms with E-state index in [1.165, 1.54) is 0 Å². The van der Waals surface area contributed by atoms with Gasteiger partial charge in [0.15, 0.2) is 17.5 Å². The van der Waals surface area contributed by atoms with E-state index in [1.807, 2.05) is 27.0 Å². The molecule has 1 aromatic heterocycles. The lowest BCUT2D eigenvalue weighted by atomic mass is 9.76. The molecule has 2 bridgehead atoms. The largest absolute Gasteiger partial charge is 0.370 e. The van der Waals surface area contributed by atoms with Gasteiger partial charge in [-0.3, -0.25) is 38.4 Å². The summed E-state index contributed by atoms with van der Waals surface area (Å²) in [5.74, 6) is -3.95. The maximum atomic E-state index is 14.4. The number of aryl methyl sites for hydroxylation is 2. The summed E-state index contributed by atoms with van der Waals surface area (Å²) in [6.45, 7) is 6.49. The molecule has 16 nitrogen and oxygen atoms in total. The summed E-state index contributed by atoms with van der Waals surface area (Å²) >= 11 is 0. The molecule has 5 atom stereocenters. The maximum absolute atomic E-state index is 14.4. The molecule has 4 amide bonds. The van der Waals surface area contributed by atoms with E-state index in [9.17, 15) is 28.8 Å². The number of fused-ring (bicyclic) bond motifs is 3. The number of aromatic nitrogens is 3. The summed E-state index contributed by atoms with van der Waals surface area (Å²) in [5.41, 5.74) is 16.9. The standard InChI is InChI=1S/C38H62N10O6/c1-38(2,3)27(34(39)52)22-30(49)28(14-9-18-42-37(40)41)43-35(53)25-17-20-47-23-26(45-46-47)13-7-8-16-32(51)48-19-10-15-29(48)36(54)44-33(31(50)21-25)24-11-5-4-6-12-24/h23-25,27-29,33H,4-22H2,1-3H3,(H2,39,52)(H,43,53)(H,44,54)(H4,40,41,42)/t25-,27-,28+,29+,33+/m1/s1. The van der Waals surface area contributed by atoms with E-state index in [-0.39, 0.29) is 74.0 Å². The van der Waals surface area contributed by atoms with Crippen LogP contribution in [0.4, 0.5) is 0 Å². The number of ketones is 2. The van der Waals surface area contributed by atoms with Crippen LogP contribution in [0.2, 0.25) is 0 Å². The minimum Gasteiger partial charge on any atom is -0.370 e. The van der Waals surface area contributed by atoms with Gasteiger partial charge in [0.05, 0.1) is 17.8 Å². The van der Waals surface area contributed by atoms with E-state index in [1.54, 1.807) is 9.58 Å². The Morgan fingerprint density at radius 3 is 2.37 bits per heavy atom. The predicted molar refractivity (Wildman–Crippen MR) is 202 cm³/mol. The highest BCUT2D eigenvalue weighted by atomic mass is 16.2. The molecule has 2 aliphatic heterocycles. The number of primary amides is 1. The van der Waals surface area contributed by atoms with E-state index >= 15 is 0 Å². The number of rotatable bonds is 11. The smallest absolute Gasteiger partial charge is 0.243 e. The molecule has 1 saturated carbocycles. The minimum atomic E-state index is -0.989. The molecule has 0 radical (unpaired) electrons. The molecule has 300 valence electrons. The number of nitrogens with one attached hydrogen (secondary N) is 2. The Morgan fingerprint density at radius 2 is 1.69 bits per heavy atom. The average molecular weight is 755 g/mol. The zero-order chi connectivity index (χ0) is 39.4. The lowest BCUT2D eigenvalue weighted by Gasteiger charge is -2.33. The van der Waals surface area contributed by atoms with Crippen molar-refractivity contribution in [3.8, 4) is 0 Å². The predicted octanol–water partition coefficient (Wildman–Crippen LogP) is 1.67. The van der Waals surface area contributed by atoms with Crippen LogP contribution in [0.25, 0.3) is 0 Å². The van der Waals surface area contributed by atoms with Gasteiger partial charge in [0.2, 0.25) is 23.6 Å². The fourth-order valence-electron chi connectivity index (χ4n) is 8.07. The van der Waals surface area contributed by atoms with Crippen molar-refractivity contribution >= 4 is 41.2 Å². The van der Waals surface area contributed by atoms with Crippen molar-refractivity contribution in [1.29, 1.82) is 0 Å². The summed E-state index contributed by atoms with van der Waals surface area (Å²) in [6.07, 6.45) is 10.2. The number of amides is 4. The van der Waals surface area contributed by atoms with Gasteiger partial charge >= 0.3 is 0 Å². The number of aliphatic imine (C=N–C) groups is 1. The Morgan fingerprint density at radius 1 is 0.963 bits per heavy atom. The summed E-state index contributed by atoms with van der Waals surface area (Å²) in [5, 5.41) is 14.5. The second-order valence-corrected chi connectivity index (χ2v) is 16.5. The molecule has 2 fully saturated rings. The number of nitrogens with zero attached hydrogens (tertiary/aromatic N) is 5. The first-order valence-corrected chi connectivity index (χ1v) is 19.8. The molecule has 54 heavy (non-hydrogen) atoms. The van der Waals surface area contributed by atoms with Crippen molar-refractivity contribution in [2.24, 2.45) is 45.4 Å². The summed E-state index contributed by atoms with van der Waals surface area (Å²) in [4.78, 5) is 87.7. The maximum Gasteiger partial charge on any atom is 0.243 e. The van der Waals surface area contributed by atoms with Crippen molar-refractivity contribution in [1.82, 2.24) is 30.5 Å². The third kappa shape index (κ3) is 12.3. The number of guanidine groups is 1. The molecule has 1 aromatic rings. The van der Waals surface area contributed by atoms with Crippen molar-refractivity contribution < 1.29 is 28.8 Å². The molecule has 16 heteroatoms. The van der Waals surface area contributed by atoms with Gasteiger partial charge in [0.1, 0.15) is 6.04 Å². The molecule has 1 saturated heterocycles. The first-order chi connectivity index (χ1) is 25.6. The summed E-state index contributed by atoms with van der Waals surface area (Å²) < 4.78 is 1.64. The zero-order valence-electron chi connectivity index (χ0n) is 32.4. The Balaban J connectivity index is 1.63. The Bertz CT molecular complexity index is 1510. The van der Waals surface area contributed by atoms with E-state index in [2.05, 4.69) is 25.9 Å². The van der Waals surface area contributed by atoms with Gasteiger partial charge in [0, 0.05) is 56.9 Å². The highest BCUT2D eigenvalue weighted by Crippen LogP contribution is 2.31. The van der Waals surface area contributed by atoms with Crippen molar-refractivity contribution in [3.05, 3.63) is 11.9 Å². The molecule has 0 unspecified atom stereocenters. The van der Waals surface area contributed by atoms with Gasteiger partial charge in [-0.1, -0.05) is 45.2 Å². The van der Waals surface area contributed by atoms with Crippen LogP contribution in [0.1, 0.15) is 123 Å². The molecule has 0 spiro atoms. The zero-order valence-corrected chi connectivity index (χ0v) is 32.4. The van der Waals surface area contributed by atoms with E-state index in [4.69, 9.17) is 17.2 Å². The van der Waals surface area contributed by atoms with Gasteiger partial charge in [0.25, 0.3) is 0 Å². The number of Topliss-reactive ketones (excluding diaryl/α,β-unsaturated/α-hetero) is 2. The highest BCUT2D eigenvalue weighted by Gasteiger charge is 2.40. The Kier molecular flexibility index (Phi) is 15.5. The SMILES string of the molecule is CC(C)(C)[C@H](CC(=O)[C@H](CCCN=C(N)N)NC(=O)[C@@H]1CCn2cc(nn2)CCCCC(=O)N2CCC[C@H]2C(=O)N[C@@H](C2CCCCC2)C(=O)C1)C(N)=O. The average Bonchev–Trinajstić information content (AvgIpc) is 3.80. The summed E-state index contributed by atoms with van der Waals surface area (Å²) in [6, 6.07) is -2.45. The van der Waals surface area contributed by atoms with Crippen LogP contribution >= 0.6 is 0 Å². The highest BCUT2D eigenvalue weighted by molar-refractivity contribution is 5.96. The van der Waals surface area contributed by atoms with Crippen LogP contribution < -0.4 is 27.8 Å². The minimum absolute atomic E-state index is 0.0678. The fraction of sp³-hybridized carbons (Fsp3) is 0.763. The van der Waals surface area contributed by atoms with E-state index in [0.29, 0.717) is 45.1 Å². The second-order valence-electron chi connectivity index (χ2n) is 16.5. The van der Waals surface area contributed by atoms with Gasteiger partial charge in [-0.05, 0) is 75.5 Å². The van der Waals surface area contributed by atoms with Crippen LogP contribution in [0.15, 0.2) is 11.2 Å². The van der Waals surface area contributed by atoms with Crippen molar-refractivity contribution in [2.75, 3.05) is 13.1 Å². The van der Waals surface area contributed by atoms with Gasteiger partial charge < -0.3 is 32.7 Å². The lowest BCUT2D eigenvalue weighted by molar-refractivity contribution is -0.140. The van der Waals surface area contributed by atoms with Crippen LogP contribution in [0.5, 0.6) is 0 Å². The monoisotopic (exact) mass is 754 g/mol. The second kappa shape index (κ2) is 19.8. The summed E-state index contributed by atoms with van der Waals surface area (Å²) in [7, 11) is 0. The first kappa shape index (κ1) is 42.4. The van der Waals surface area contributed by atoms with Gasteiger partial charge in [-0.2, -0.15) is 0 Å². The molecule has 0 aromatic carbocycles. The third-order valence-electron chi connectivity index (χ3n) is 11.3. The molecule has 8 N–H and O–H groups in total. The van der Waals surface area contributed by atoms with Crippen LogP contribution in [-0.2, 0) is 41.7 Å². The van der Waals surface area contributed by atoms with E-state index in [0.717, 1.165) is 44.2 Å². The molecule has 3 aliphatic rings. The Labute approximate surface area is 318 Å². The van der Waals surface area contributed by atoms with E-state index < -0.39 is 47.2 Å². The number of carbonyl (C=O) groups excluding carboxylic acids is 6. The number of hydrogen-bond donors (Lipinski definition) is 5. The molecular weight excluding hydrogens is 692 g/mol. The topological polar surface area (TPSA) is 251 Å². The van der Waals surface area contributed by atoms with Gasteiger partial charge in [-0.25, -0.2) is 0 Å². The first-order valence-electron chi connectivity index (χ1n) is 19.8. The van der Waals surface area contributed by atoms with Crippen LogP contribution in [-0.4, -0.2) is 92.3 Å². The van der Waals surface area contributed by atoms with Crippen molar-refractivity contribution in [2.45, 2.75) is 148 Å². The number of hydrogen-bond acceptors (Lipinski definition) is 9. The molecule has 4 rings (SSSR count). The van der Waals surface area contributed by atoms with Crippen LogP contribution in [0, 0.1) is 23.2 Å².